The van der Waals surface area contributed by atoms with Gasteiger partial charge in [0.25, 0.3) is 0 Å². The lowest BCUT2D eigenvalue weighted by molar-refractivity contribution is -0.132. The van der Waals surface area contributed by atoms with Crippen LogP contribution in [0.1, 0.15) is 33.1 Å². The number of carbonyl (C=O) groups excluding carboxylic acids is 2. The van der Waals surface area contributed by atoms with Crippen LogP contribution in [-0.2, 0) is 16.1 Å². The average molecular weight is 422 g/mol. The highest BCUT2D eigenvalue weighted by molar-refractivity contribution is 7.13. The Morgan fingerprint density at radius 3 is 2.69 bits per heavy atom. The standard InChI is InChI=1S/C19H27N5O4S/c1-19(2,3)27-18(26)20-7-6-16(25)24-10-8-23(9-11-24)13-15-21-17(22-28-15)14-5-4-12-29-14/h4-5,12H,6-11,13H2,1-3H3,(H,20,26). The fourth-order valence-corrected chi connectivity index (χ4v) is 3.56. The maximum atomic E-state index is 12.3. The van der Waals surface area contributed by atoms with Gasteiger partial charge in [0.15, 0.2) is 0 Å². The topological polar surface area (TPSA) is 101 Å². The van der Waals surface area contributed by atoms with Crippen LogP contribution >= 0.6 is 11.3 Å². The molecule has 29 heavy (non-hydrogen) atoms. The molecule has 0 bridgehead atoms. The van der Waals surface area contributed by atoms with Crippen molar-refractivity contribution < 1.29 is 18.8 Å². The maximum absolute atomic E-state index is 12.3. The summed E-state index contributed by atoms with van der Waals surface area (Å²) in [6, 6.07) is 3.91. The number of nitrogens with one attached hydrogen (secondary N) is 1. The van der Waals surface area contributed by atoms with Gasteiger partial charge in [0.2, 0.25) is 17.6 Å². The van der Waals surface area contributed by atoms with Crippen LogP contribution in [0.25, 0.3) is 10.7 Å². The SMILES string of the molecule is CC(C)(C)OC(=O)NCCC(=O)N1CCN(Cc2nc(-c3cccs3)no2)CC1. The Kier molecular flexibility index (Phi) is 6.86. The van der Waals surface area contributed by atoms with Crippen LogP contribution in [0.2, 0.25) is 0 Å². The molecule has 10 heteroatoms. The molecule has 3 heterocycles. The molecule has 1 aliphatic rings. The molecule has 158 valence electrons. The number of ether oxygens (including phenoxy) is 1. The number of piperazine rings is 1. The number of alkyl carbamates (subject to hydrolysis) is 1. The second-order valence-corrected chi connectivity index (χ2v) is 8.77. The number of hydrogen-bond acceptors (Lipinski definition) is 8. The quantitative estimate of drug-likeness (QED) is 0.764. The Morgan fingerprint density at radius 1 is 1.28 bits per heavy atom. The van der Waals surface area contributed by atoms with E-state index in [1.54, 1.807) is 32.1 Å². The maximum Gasteiger partial charge on any atom is 0.407 e. The Bertz CT molecular complexity index is 807. The van der Waals surface area contributed by atoms with E-state index in [1.165, 1.54) is 0 Å². The minimum Gasteiger partial charge on any atom is -0.444 e. The second kappa shape index (κ2) is 9.36. The van der Waals surface area contributed by atoms with Gasteiger partial charge < -0.3 is 19.5 Å². The monoisotopic (exact) mass is 421 g/mol. The van der Waals surface area contributed by atoms with Crippen molar-refractivity contribution in [2.24, 2.45) is 0 Å². The number of rotatable bonds is 6. The summed E-state index contributed by atoms with van der Waals surface area (Å²) in [6.07, 6.45) is -0.246. The number of carbonyl (C=O) groups is 2. The molecule has 0 aromatic carbocycles. The van der Waals surface area contributed by atoms with Crippen LogP contribution < -0.4 is 5.32 Å². The van der Waals surface area contributed by atoms with E-state index in [2.05, 4.69) is 20.4 Å². The number of hydrogen-bond donors (Lipinski definition) is 1. The molecular formula is C19H27N5O4S. The van der Waals surface area contributed by atoms with Crippen LogP contribution in [0, 0.1) is 0 Å². The van der Waals surface area contributed by atoms with E-state index >= 15 is 0 Å². The van der Waals surface area contributed by atoms with Crippen molar-refractivity contribution in [1.82, 2.24) is 25.3 Å². The van der Waals surface area contributed by atoms with E-state index in [9.17, 15) is 9.59 Å². The van der Waals surface area contributed by atoms with E-state index in [1.807, 2.05) is 22.4 Å². The molecule has 0 spiro atoms. The van der Waals surface area contributed by atoms with E-state index in [0.29, 0.717) is 31.3 Å². The van der Waals surface area contributed by atoms with E-state index in [4.69, 9.17) is 9.26 Å². The number of thiophene rings is 1. The minimum atomic E-state index is -0.548. The molecule has 2 aromatic rings. The molecule has 0 aliphatic carbocycles. The lowest BCUT2D eigenvalue weighted by atomic mass is 10.2. The zero-order valence-corrected chi connectivity index (χ0v) is 17.8. The molecule has 1 N–H and O–H groups in total. The highest BCUT2D eigenvalue weighted by Gasteiger charge is 2.23. The fraction of sp³-hybridized carbons (Fsp3) is 0.579. The summed E-state index contributed by atoms with van der Waals surface area (Å²) in [6.45, 7) is 8.98. The predicted octanol–water partition coefficient (Wildman–Crippen LogP) is 2.36. The predicted molar refractivity (Wildman–Crippen MR) is 108 cm³/mol. The van der Waals surface area contributed by atoms with Crippen LogP contribution in [0.3, 0.4) is 0 Å². The Morgan fingerprint density at radius 2 is 2.03 bits per heavy atom. The summed E-state index contributed by atoms with van der Waals surface area (Å²) in [4.78, 5) is 33.4. The largest absolute Gasteiger partial charge is 0.444 e. The lowest BCUT2D eigenvalue weighted by Crippen LogP contribution is -2.48. The summed E-state index contributed by atoms with van der Waals surface area (Å²) >= 11 is 1.57. The van der Waals surface area contributed by atoms with Crippen molar-refractivity contribution in [3.05, 3.63) is 23.4 Å². The summed E-state index contributed by atoms with van der Waals surface area (Å²) in [5.74, 6) is 1.22. The first-order valence-corrected chi connectivity index (χ1v) is 10.5. The molecule has 3 rings (SSSR count). The van der Waals surface area contributed by atoms with Gasteiger partial charge >= 0.3 is 6.09 Å². The number of amides is 2. The van der Waals surface area contributed by atoms with Crippen molar-refractivity contribution in [2.45, 2.75) is 39.3 Å². The fourth-order valence-electron chi connectivity index (χ4n) is 2.92. The molecule has 2 aromatic heterocycles. The van der Waals surface area contributed by atoms with Gasteiger partial charge in [-0.1, -0.05) is 11.2 Å². The molecule has 1 saturated heterocycles. The summed E-state index contributed by atoms with van der Waals surface area (Å²) in [5, 5.41) is 8.62. The van der Waals surface area contributed by atoms with Gasteiger partial charge in [0.05, 0.1) is 11.4 Å². The average Bonchev–Trinajstić information content (AvgIpc) is 3.32. The summed E-state index contributed by atoms with van der Waals surface area (Å²) < 4.78 is 10.5. The minimum absolute atomic E-state index is 0.0264. The third-order valence-electron chi connectivity index (χ3n) is 4.30. The van der Waals surface area contributed by atoms with Gasteiger partial charge in [-0.2, -0.15) is 4.98 Å². The van der Waals surface area contributed by atoms with Crippen LogP contribution in [0.15, 0.2) is 22.0 Å². The highest BCUT2D eigenvalue weighted by Crippen LogP contribution is 2.21. The lowest BCUT2D eigenvalue weighted by Gasteiger charge is -2.34. The first kappa shape index (κ1) is 21.3. The molecule has 0 radical (unpaired) electrons. The zero-order valence-electron chi connectivity index (χ0n) is 17.0. The number of aromatic nitrogens is 2. The van der Waals surface area contributed by atoms with Crippen molar-refractivity contribution in [2.75, 3.05) is 32.7 Å². The molecule has 0 atom stereocenters. The van der Waals surface area contributed by atoms with Crippen molar-refractivity contribution in [3.63, 3.8) is 0 Å². The molecule has 1 aliphatic heterocycles. The Balaban J connectivity index is 1.37. The van der Waals surface area contributed by atoms with Gasteiger partial charge in [-0.05, 0) is 32.2 Å². The normalized spacial score (nSPS) is 15.3. The number of nitrogens with zero attached hydrogens (tertiary/aromatic N) is 4. The van der Waals surface area contributed by atoms with Crippen molar-refractivity contribution in [1.29, 1.82) is 0 Å². The smallest absolute Gasteiger partial charge is 0.407 e. The van der Waals surface area contributed by atoms with E-state index < -0.39 is 11.7 Å². The third-order valence-corrected chi connectivity index (χ3v) is 5.17. The zero-order chi connectivity index (χ0) is 20.9. The molecular weight excluding hydrogens is 394 g/mol. The molecule has 0 saturated carbocycles. The van der Waals surface area contributed by atoms with Gasteiger partial charge in [0, 0.05) is 39.1 Å². The molecule has 2 amide bonds. The molecule has 0 unspecified atom stereocenters. The van der Waals surface area contributed by atoms with Gasteiger partial charge in [-0.15, -0.1) is 11.3 Å². The van der Waals surface area contributed by atoms with Crippen LogP contribution in [0.5, 0.6) is 0 Å². The third kappa shape index (κ3) is 6.53. The van der Waals surface area contributed by atoms with Gasteiger partial charge in [0.1, 0.15) is 5.60 Å². The highest BCUT2D eigenvalue weighted by atomic mass is 32.1. The first-order valence-electron chi connectivity index (χ1n) is 9.63. The molecule has 1 fully saturated rings. The van der Waals surface area contributed by atoms with Crippen molar-refractivity contribution in [3.8, 4) is 10.7 Å². The molecule has 9 nitrogen and oxygen atoms in total. The Hall–Kier alpha value is -2.46. The van der Waals surface area contributed by atoms with E-state index in [0.717, 1.165) is 18.0 Å². The van der Waals surface area contributed by atoms with Crippen LogP contribution in [-0.4, -0.2) is 70.3 Å². The summed E-state index contributed by atoms with van der Waals surface area (Å²) in [7, 11) is 0. The Labute approximate surface area is 174 Å². The van der Waals surface area contributed by atoms with E-state index in [-0.39, 0.29) is 18.9 Å². The van der Waals surface area contributed by atoms with Crippen LogP contribution in [0.4, 0.5) is 4.79 Å². The second-order valence-electron chi connectivity index (χ2n) is 7.82. The van der Waals surface area contributed by atoms with Gasteiger partial charge in [-0.3, -0.25) is 9.69 Å². The summed E-state index contributed by atoms with van der Waals surface area (Å²) in [5.41, 5.74) is -0.548. The first-order chi connectivity index (χ1) is 13.8. The van der Waals surface area contributed by atoms with Crippen molar-refractivity contribution >= 4 is 23.3 Å². The van der Waals surface area contributed by atoms with Gasteiger partial charge in [-0.25, -0.2) is 4.79 Å².